The highest BCUT2D eigenvalue weighted by Crippen LogP contribution is 2.37. The van der Waals surface area contributed by atoms with Crippen LogP contribution in [0.5, 0.6) is 0 Å². The lowest BCUT2D eigenvalue weighted by Gasteiger charge is -2.31. The van der Waals surface area contributed by atoms with Crippen molar-refractivity contribution in [2.45, 2.75) is 19.5 Å². The molecule has 3 heterocycles. The SMILES string of the molecule is c1ccc(CN2CCc3c(c(-c4ccccn4)nc4ccc5ccccc5c34)C2)cc1. The highest BCUT2D eigenvalue weighted by molar-refractivity contribution is 6.09. The molecule has 0 spiro atoms. The van der Waals surface area contributed by atoms with E-state index in [-0.39, 0.29) is 0 Å². The molecular weight excluding hydrogens is 378 g/mol. The molecule has 0 fully saturated rings. The van der Waals surface area contributed by atoms with Crippen molar-refractivity contribution in [3.8, 4) is 11.4 Å². The Morgan fingerprint density at radius 3 is 2.48 bits per heavy atom. The van der Waals surface area contributed by atoms with Gasteiger partial charge in [0.25, 0.3) is 0 Å². The second-order valence-electron chi connectivity index (χ2n) is 8.26. The predicted octanol–water partition coefficient (Wildman–Crippen LogP) is 6.01. The highest BCUT2D eigenvalue weighted by atomic mass is 15.1. The van der Waals surface area contributed by atoms with Gasteiger partial charge in [0.05, 0.1) is 16.9 Å². The molecule has 0 N–H and O–H groups in total. The van der Waals surface area contributed by atoms with Crippen LogP contribution in [0.3, 0.4) is 0 Å². The van der Waals surface area contributed by atoms with Crippen LogP contribution in [0.4, 0.5) is 0 Å². The van der Waals surface area contributed by atoms with Crippen molar-refractivity contribution >= 4 is 21.7 Å². The zero-order chi connectivity index (χ0) is 20.6. The van der Waals surface area contributed by atoms with Crippen LogP contribution in [0.25, 0.3) is 33.1 Å². The molecule has 0 atom stereocenters. The van der Waals surface area contributed by atoms with E-state index in [1.54, 1.807) is 0 Å². The highest BCUT2D eigenvalue weighted by Gasteiger charge is 2.24. The van der Waals surface area contributed by atoms with Crippen molar-refractivity contribution in [1.82, 2.24) is 14.9 Å². The van der Waals surface area contributed by atoms with Crippen LogP contribution in [0.15, 0.2) is 91.1 Å². The van der Waals surface area contributed by atoms with E-state index in [0.29, 0.717) is 0 Å². The summed E-state index contributed by atoms with van der Waals surface area (Å²) in [4.78, 5) is 12.3. The van der Waals surface area contributed by atoms with E-state index < -0.39 is 0 Å². The van der Waals surface area contributed by atoms with Gasteiger partial charge in [-0.15, -0.1) is 0 Å². The summed E-state index contributed by atoms with van der Waals surface area (Å²) in [6.45, 7) is 2.89. The Morgan fingerprint density at radius 2 is 1.61 bits per heavy atom. The first-order valence-corrected chi connectivity index (χ1v) is 10.9. The van der Waals surface area contributed by atoms with Gasteiger partial charge >= 0.3 is 0 Å². The summed E-state index contributed by atoms with van der Waals surface area (Å²) in [6.07, 6.45) is 2.88. The van der Waals surface area contributed by atoms with E-state index in [0.717, 1.165) is 43.0 Å². The average molecular weight is 402 g/mol. The zero-order valence-electron chi connectivity index (χ0n) is 17.3. The van der Waals surface area contributed by atoms with Crippen molar-refractivity contribution in [2.75, 3.05) is 6.54 Å². The maximum atomic E-state index is 5.16. The van der Waals surface area contributed by atoms with Gasteiger partial charge in [0, 0.05) is 31.2 Å². The van der Waals surface area contributed by atoms with Gasteiger partial charge in [0.15, 0.2) is 0 Å². The van der Waals surface area contributed by atoms with Crippen molar-refractivity contribution in [3.63, 3.8) is 0 Å². The van der Waals surface area contributed by atoms with Crippen LogP contribution >= 0.6 is 0 Å². The lowest BCUT2D eigenvalue weighted by Crippen LogP contribution is -2.31. The molecule has 1 aliphatic heterocycles. The predicted molar refractivity (Wildman–Crippen MR) is 127 cm³/mol. The van der Waals surface area contributed by atoms with Crippen LogP contribution in [-0.2, 0) is 19.5 Å². The number of fused-ring (bicyclic) bond motifs is 5. The van der Waals surface area contributed by atoms with Gasteiger partial charge in [-0.2, -0.15) is 0 Å². The molecule has 0 saturated carbocycles. The summed E-state index contributed by atoms with van der Waals surface area (Å²) >= 11 is 0. The normalized spacial score (nSPS) is 14.1. The molecule has 1 aliphatic rings. The van der Waals surface area contributed by atoms with Crippen LogP contribution in [-0.4, -0.2) is 21.4 Å². The first kappa shape index (κ1) is 18.2. The molecular formula is C28H23N3. The van der Waals surface area contributed by atoms with Gasteiger partial charge < -0.3 is 0 Å². The number of benzene rings is 3. The Kier molecular flexibility index (Phi) is 4.47. The third kappa shape index (κ3) is 3.28. The Morgan fingerprint density at radius 1 is 0.774 bits per heavy atom. The van der Waals surface area contributed by atoms with Gasteiger partial charge in [-0.05, 0) is 52.1 Å². The number of nitrogens with zero attached hydrogens (tertiary/aromatic N) is 3. The van der Waals surface area contributed by atoms with Gasteiger partial charge in [-0.1, -0.05) is 66.7 Å². The number of rotatable bonds is 3. The molecule has 0 bridgehead atoms. The van der Waals surface area contributed by atoms with Crippen molar-refractivity contribution in [2.24, 2.45) is 0 Å². The van der Waals surface area contributed by atoms with E-state index in [2.05, 4.69) is 82.7 Å². The van der Waals surface area contributed by atoms with Crippen LogP contribution in [0, 0.1) is 0 Å². The second kappa shape index (κ2) is 7.60. The molecule has 3 aromatic carbocycles. The molecule has 0 saturated heterocycles. The Balaban J connectivity index is 1.55. The lowest BCUT2D eigenvalue weighted by molar-refractivity contribution is 0.246. The van der Waals surface area contributed by atoms with E-state index in [9.17, 15) is 0 Å². The summed E-state index contributed by atoms with van der Waals surface area (Å²) < 4.78 is 0. The van der Waals surface area contributed by atoms with E-state index in [1.165, 1.54) is 32.8 Å². The minimum atomic E-state index is 0.891. The number of aromatic nitrogens is 2. The molecule has 0 amide bonds. The minimum Gasteiger partial charge on any atom is -0.294 e. The van der Waals surface area contributed by atoms with Gasteiger partial charge in [0.1, 0.15) is 0 Å². The van der Waals surface area contributed by atoms with E-state index >= 15 is 0 Å². The van der Waals surface area contributed by atoms with Gasteiger partial charge in [0.2, 0.25) is 0 Å². The summed E-state index contributed by atoms with van der Waals surface area (Å²) in [5.41, 5.74) is 7.15. The molecule has 5 aromatic rings. The van der Waals surface area contributed by atoms with E-state index in [1.807, 2.05) is 18.3 Å². The molecule has 6 rings (SSSR count). The summed E-state index contributed by atoms with van der Waals surface area (Å²) in [5.74, 6) is 0. The monoisotopic (exact) mass is 401 g/mol. The van der Waals surface area contributed by atoms with Crippen molar-refractivity contribution < 1.29 is 0 Å². The third-order valence-electron chi connectivity index (χ3n) is 6.31. The number of hydrogen-bond acceptors (Lipinski definition) is 3. The fraction of sp³-hybridized carbons (Fsp3) is 0.143. The first-order valence-electron chi connectivity index (χ1n) is 10.9. The Hall–Kier alpha value is -3.56. The number of pyridine rings is 2. The van der Waals surface area contributed by atoms with Crippen molar-refractivity contribution in [3.05, 3.63) is 108 Å². The quantitative estimate of drug-likeness (QED) is 0.347. The van der Waals surface area contributed by atoms with Gasteiger partial charge in [-0.3, -0.25) is 9.88 Å². The van der Waals surface area contributed by atoms with E-state index in [4.69, 9.17) is 4.98 Å². The molecule has 31 heavy (non-hydrogen) atoms. The summed E-state index contributed by atoms with van der Waals surface area (Å²) in [5, 5.41) is 3.89. The minimum absolute atomic E-state index is 0.891. The molecule has 0 radical (unpaired) electrons. The maximum Gasteiger partial charge on any atom is 0.0941 e. The molecule has 3 nitrogen and oxygen atoms in total. The Bertz CT molecular complexity index is 1380. The second-order valence-corrected chi connectivity index (χ2v) is 8.26. The van der Waals surface area contributed by atoms with Crippen molar-refractivity contribution in [1.29, 1.82) is 0 Å². The maximum absolute atomic E-state index is 5.16. The van der Waals surface area contributed by atoms with Crippen LogP contribution < -0.4 is 0 Å². The Labute approximate surface area is 182 Å². The molecule has 0 unspecified atom stereocenters. The molecule has 3 heteroatoms. The number of hydrogen-bond donors (Lipinski definition) is 0. The van der Waals surface area contributed by atoms with Crippen LogP contribution in [0.1, 0.15) is 16.7 Å². The summed E-state index contributed by atoms with van der Waals surface area (Å²) in [7, 11) is 0. The molecule has 150 valence electrons. The van der Waals surface area contributed by atoms with Crippen LogP contribution in [0.2, 0.25) is 0 Å². The first-order chi connectivity index (χ1) is 15.4. The standard InChI is InChI=1S/C28H23N3/c1-2-8-20(9-3-1)18-31-17-15-23-24(19-31)28(26-12-6-7-16-29-26)30-25-14-13-21-10-4-5-11-22(21)27(23)25/h1-14,16H,15,17-19H2. The lowest BCUT2D eigenvalue weighted by atomic mass is 9.90. The smallest absolute Gasteiger partial charge is 0.0941 e. The van der Waals surface area contributed by atoms with Gasteiger partial charge in [-0.25, -0.2) is 4.98 Å². The average Bonchev–Trinajstić information content (AvgIpc) is 2.84. The molecule has 2 aromatic heterocycles. The topological polar surface area (TPSA) is 29.0 Å². The zero-order valence-corrected chi connectivity index (χ0v) is 17.3. The third-order valence-corrected chi connectivity index (χ3v) is 6.31. The fourth-order valence-electron chi connectivity index (χ4n) is 4.86. The summed E-state index contributed by atoms with van der Waals surface area (Å²) in [6, 6.07) is 29.8. The largest absolute Gasteiger partial charge is 0.294 e. The fourth-order valence-corrected chi connectivity index (χ4v) is 4.86. The molecule has 0 aliphatic carbocycles.